The van der Waals surface area contributed by atoms with Gasteiger partial charge < -0.3 is 4.90 Å². The highest BCUT2D eigenvalue weighted by Crippen LogP contribution is 2.34. The number of hydrogen-bond acceptors (Lipinski definition) is 7. The van der Waals surface area contributed by atoms with Crippen molar-refractivity contribution in [2.24, 2.45) is 0 Å². The smallest absolute Gasteiger partial charge is 0.185 e. The summed E-state index contributed by atoms with van der Waals surface area (Å²) in [5, 5.41) is 15.3. The van der Waals surface area contributed by atoms with Gasteiger partial charge in [0.05, 0.1) is 12.6 Å². The van der Waals surface area contributed by atoms with Crippen molar-refractivity contribution in [1.29, 1.82) is 0 Å². The molecule has 1 atom stereocenters. The molecule has 3 heterocycles. The largest absolute Gasteiger partial charge is 0.343 e. The molecule has 21 heavy (non-hydrogen) atoms. The van der Waals surface area contributed by atoms with Crippen LogP contribution >= 0.6 is 11.3 Å². The Hall–Kier alpha value is -1.54. The lowest BCUT2D eigenvalue weighted by atomic mass is 10.2. The molecule has 2 aliphatic rings. The van der Waals surface area contributed by atoms with Gasteiger partial charge in [0, 0.05) is 37.3 Å². The number of hydrogen-bond donors (Lipinski definition) is 0. The normalized spacial score (nSPS) is 23.7. The minimum absolute atomic E-state index is 0.468. The van der Waals surface area contributed by atoms with E-state index in [-0.39, 0.29) is 0 Å². The van der Waals surface area contributed by atoms with E-state index in [1.165, 1.54) is 12.8 Å². The van der Waals surface area contributed by atoms with Crippen molar-refractivity contribution in [2.75, 3.05) is 24.5 Å². The van der Waals surface area contributed by atoms with Crippen LogP contribution in [0.3, 0.4) is 0 Å². The molecule has 4 rings (SSSR count). The van der Waals surface area contributed by atoms with E-state index in [0.29, 0.717) is 12.1 Å². The van der Waals surface area contributed by atoms with E-state index in [4.69, 9.17) is 0 Å². The van der Waals surface area contributed by atoms with E-state index >= 15 is 0 Å². The number of nitrogens with zero attached hydrogens (tertiary/aromatic N) is 7. The third-order valence-electron chi connectivity index (χ3n) is 4.20. The van der Waals surface area contributed by atoms with E-state index in [0.717, 1.165) is 37.1 Å². The van der Waals surface area contributed by atoms with Gasteiger partial charge in [-0.3, -0.25) is 4.90 Å². The van der Waals surface area contributed by atoms with Crippen LogP contribution in [0.4, 0.5) is 5.13 Å². The molecule has 7 nitrogen and oxygen atoms in total. The summed E-state index contributed by atoms with van der Waals surface area (Å²) < 4.78 is 2.01. The minimum Gasteiger partial charge on any atom is -0.343 e. The third-order valence-corrected chi connectivity index (χ3v) is 5.00. The molecule has 1 saturated heterocycles. The van der Waals surface area contributed by atoms with Crippen molar-refractivity contribution >= 4 is 16.5 Å². The fraction of sp³-hybridized carbons (Fsp3) is 0.692. The van der Waals surface area contributed by atoms with Crippen LogP contribution in [-0.2, 0) is 6.54 Å². The SMILES string of the molecule is C[C@H]1CN(Cc2nnnn2C2CC2)CCN1c1nccs1. The van der Waals surface area contributed by atoms with Crippen molar-refractivity contribution in [3.8, 4) is 0 Å². The number of anilines is 1. The number of thiazole rings is 1. The summed E-state index contributed by atoms with van der Waals surface area (Å²) in [6.07, 6.45) is 4.31. The predicted molar refractivity (Wildman–Crippen MR) is 80.3 cm³/mol. The second kappa shape index (κ2) is 5.34. The molecular weight excluding hydrogens is 286 g/mol. The molecule has 2 aromatic rings. The Morgan fingerprint density at radius 1 is 1.33 bits per heavy atom. The predicted octanol–water partition coefficient (Wildman–Crippen LogP) is 1.18. The van der Waals surface area contributed by atoms with Crippen LogP contribution in [0, 0.1) is 0 Å². The van der Waals surface area contributed by atoms with Crippen LogP contribution in [0.25, 0.3) is 0 Å². The first kappa shape index (κ1) is 13.1. The number of tetrazole rings is 1. The lowest BCUT2D eigenvalue weighted by Gasteiger charge is -2.39. The maximum Gasteiger partial charge on any atom is 0.185 e. The first-order valence-corrected chi connectivity index (χ1v) is 8.34. The molecule has 0 N–H and O–H groups in total. The van der Waals surface area contributed by atoms with Gasteiger partial charge in [0.15, 0.2) is 11.0 Å². The van der Waals surface area contributed by atoms with Crippen LogP contribution in [0.2, 0.25) is 0 Å². The van der Waals surface area contributed by atoms with E-state index in [2.05, 4.69) is 37.2 Å². The first-order valence-electron chi connectivity index (χ1n) is 7.46. The van der Waals surface area contributed by atoms with Gasteiger partial charge in [-0.05, 0) is 30.2 Å². The van der Waals surface area contributed by atoms with Crippen LogP contribution in [0.5, 0.6) is 0 Å². The first-order chi connectivity index (χ1) is 10.3. The molecular formula is C13H19N7S. The van der Waals surface area contributed by atoms with Crippen LogP contribution in [0.15, 0.2) is 11.6 Å². The quantitative estimate of drug-likeness (QED) is 0.845. The monoisotopic (exact) mass is 305 g/mol. The van der Waals surface area contributed by atoms with Gasteiger partial charge in [-0.25, -0.2) is 9.67 Å². The molecule has 0 radical (unpaired) electrons. The average molecular weight is 305 g/mol. The maximum absolute atomic E-state index is 4.43. The fourth-order valence-corrected chi connectivity index (χ4v) is 3.71. The Morgan fingerprint density at radius 2 is 2.24 bits per heavy atom. The van der Waals surface area contributed by atoms with E-state index < -0.39 is 0 Å². The molecule has 8 heteroatoms. The van der Waals surface area contributed by atoms with Crippen LogP contribution < -0.4 is 4.90 Å². The molecule has 2 fully saturated rings. The number of piperazine rings is 1. The lowest BCUT2D eigenvalue weighted by Crippen LogP contribution is -2.51. The van der Waals surface area contributed by atoms with Crippen molar-refractivity contribution < 1.29 is 0 Å². The van der Waals surface area contributed by atoms with Crippen molar-refractivity contribution in [2.45, 2.75) is 38.4 Å². The molecule has 1 aliphatic carbocycles. The summed E-state index contributed by atoms with van der Waals surface area (Å²) in [5.74, 6) is 1.01. The Morgan fingerprint density at radius 3 is 2.95 bits per heavy atom. The Kier molecular flexibility index (Phi) is 3.34. The topological polar surface area (TPSA) is 63.0 Å². The van der Waals surface area contributed by atoms with Crippen LogP contribution in [0.1, 0.15) is 31.6 Å². The Balaban J connectivity index is 1.41. The molecule has 1 saturated carbocycles. The van der Waals surface area contributed by atoms with Crippen molar-refractivity contribution in [3.05, 3.63) is 17.4 Å². The standard InChI is InChI=1S/C13H19N7S/c1-10-8-18(5-6-19(10)13-14-4-7-21-13)9-12-15-16-17-20(12)11-2-3-11/h4,7,10-11H,2-3,5-6,8-9H2,1H3/t10-/m0/s1. The average Bonchev–Trinajstić information content (AvgIpc) is 2.99. The molecule has 1 aliphatic heterocycles. The fourth-order valence-electron chi connectivity index (χ4n) is 2.94. The minimum atomic E-state index is 0.468. The Bertz CT molecular complexity index is 591. The second-order valence-electron chi connectivity index (χ2n) is 5.86. The molecule has 0 spiro atoms. The van der Waals surface area contributed by atoms with Gasteiger partial charge in [0.25, 0.3) is 0 Å². The van der Waals surface area contributed by atoms with Gasteiger partial charge >= 0.3 is 0 Å². The number of aromatic nitrogens is 5. The van der Waals surface area contributed by atoms with Gasteiger partial charge in [-0.15, -0.1) is 16.4 Å². The van der Waals surface area contributed by atoms with Crippen molar-refractivity contribution in [3.63, 3.8) is 0 Å². The molecule has 0 amide bonds. The van der Waals surface area contributed by atoms with Gasteiger partial charge in [-0.2, -0.15) is 0 Å². The summed E-state index contributed by atoms with van der Waals surface area (Å²) in [7, 11) is 0. The highest BCUT2D eigenvalue weighted by Gasteiger charge is 2.30. The van der Waals surface area contributed by atoms with Crippen LogP contribution in [-0.4, -0.2) is 55.8 Å². The maximum atomic E-state index is 4.43. The second-order valence-corrected chi connectivity index (χ2v) is 6.74. The highest BCUT2D eigenvalue weighted by molar-refractivity contribution is 7.13. The van der Waals surface area contributed by atoms with E-state index in [1.807, 2.05) is 16.3 Å². The summed E-state index contributed by atoms with van der Waals surface area (Å²) in [4.78, 5) is 9.26. The van der Waals surface area contributed by atoms with Gasteiger partial charge in [0.2, 0.25) is 0 Å². The third kappa shape index (κ3) is 2.65. The Labute approximate surface area is 127 Å². The zero-order valence-electron chi connectivity index (χ0n) is 12.1. The lowest BCUT2D eigenvalue weighted by molar-refractivity contribution is 0.212. The summed E-state index contributed by atoms with van der Waals surface area (Å²) >= 11 is 1.71. The van der Waals surface area contributed by atoms with Gasteiger partial charge in [0.1, 0.15) is 0 Å². The highest BCUT2D eigenvalue weighted by atomic mass is 32.1. The summed E-state index contributed by atoms with van der Waals surface area (Å²) in [5.41, 5.74) is 0. The zero-order chi connectivity index (χ0) is 14.2. The molecule has 112 valence electrons. The molecule has 0 bridgehead atoms. The summed E-state index contributed by atoms with van der Waals surface area (Å²) in [6, 6.07) is 1.01. The number of rotatable bonds is 4. The molecule has 0 unspecified atom stereocenters. The molecule has 2 aromatic heterocycles. The molecule has 0 aromatic carbocycles. The zero-order valence-corrected chi connectivity index (χ0v) is 12.9. The summed E-state index contributed by atoms with van der Waals surface area (Å²) in [6.45, 7) is 6.18. The van der Waals surface area contributed by atoms with E-state index in [9.17, 15) is 0 Å². The van der Waals surface area contributed by atoms with E-state index in [1.54, 1.807) is 11.3 Å². The van der Waals surface area contributed by atoms with Gasteiger partial charge in [-0.1, -0.05) is 0 Å². The van der Waals surface area contributed by atoms with Crippen molar-refractivity contribution in [1.82, 2.24) is 30.1 Å².